The third-order valence-electron chi connectivity index (χ3n) is 18.6. The maximum Gasteiger partial charge on any atom is 0.126 e. The maximum absolute atomic E-state index is 3.19. The molecule has 2 heteroatoms. The number of hydrogen-bond donors (Lipinski definition) is 0. The largest absolute Gasteiger partial charge is 0.316 e. The SMILES string of the molecule is CCCCCCCCCCCCCCCCCCC1(CCCCCCCCCCCCCCCCCC)C2=CC3C(C)CC([Si](C)(C)N(C4CCCCC4)C(C)(C)C)C3C=C2c2ccccc21. The molecular weight excluding hydrogens is 823 g/mol. The molecule has 0 N–H and O–H groups in total. The normalized spacial score (nSPS) is 21.7. The van der Waals surface area contributed by atoms with Crippen LogP contribution in [-0.2, 0) is 5.41 Å². The van der Waals surface area contributed by atoms with Crippen LogP contribution in [-0.4, -0.2) is 24.4 Å². The van der Waals surface area contributed by atoms with Gasteiger partial charge in [-0.05, 0) is 98.4 Å². The first-order chi connectivity index (χ1) is 32.6. The van der Waals surface area contributed by atoms with Gasteiger partial charge in [-0.15, -0.1) is 0 Å². The fraction of sp³-hybridized carbons (Fsp3) is 0.846. The summed E-state index contributed by atoms with van der Waals surface area (Å²) in [4.78, 5) is 0. The van der Waals surface area contributed by atoms with E-state index >= 15 is 0 Å². The summed E-state index contributed by atoms with van der Waals surface area (Å²) in [5.74, 6) is 2.17. The van der Waals surface area contributed by atoms with E-state index in [-0.39, 0.29) is 11.0 Å². The molecule has 67 heavy (non-hydrogen) atoms. The van der Waals surface area contributed by atoms with Crippen LogP contribution < -0.4 is 0 Å². The van der Waals surface area contributed by atoms with E-state index < -0.39 is 8.24 Å². The predicted molar refractivity (Wildman–Crippen MR) is 303 cm³/mol. The zero-order chi connectivity index (χ0) is 47.8. The van der Waals surface area contributed by atoms with E-state index in [4.69, 9.17) is 0 Å². The van der Waals surface area contributed by atoms with Crippen LogP contribution in [0.3, 0.4) is 0 Å². The predicted octanol–water partition coefficient (Wildman–Crippen LogP) is 21.8. The van der Waals surface area contributed by atoms with Crippen molar-refractivity contribution in [3.8, 4) is 0 Å². The van der Waals surface area contributed by atoms with E-state index in [0.717, 1.165) is 17.5 Å². The van der Waals surface area contributed by atoms with Crippen molar-refractivity contribution in [1.29, 1.82) is 0 Å². The summed E-state index contributed by atoms with van der Waals surface area (Å²) in [6.07, 6.45) is 63.5. The first-order valence-corrected chi connectivity index (χ1v) is 33.9. The molecule has 0 radical (unpaired) electrons. The lowest BCUT2D eigenvalue weighted by Gasteiger charge is -2.55. The number of benzene rings is 1. The van der Waals surface area contributed by atoms with Gasteiger partial charge in [0, 0.05) is 17.0 Å². The molecule has 4 unspecified atom stereocenters. The monoisotopic (exact) mass is 938 g/mol. The Bertz CT molecular complexity index is 1480. The highest BCUT2D eigenvalue weighted by Gasteiger charge is 2.56. The van der Waals surface area contributed by atoms with Crippen molar-refractivity contribution in [2.75, 3.05) is 0 Å². The van der Waals surface area contributed by atoms with Gasteiger partial charge in [0.25, 0.3) is 0 Å². The summed E-state index contributed by atoms with van der Waals surface area (Å²) < 4.78 is 3.19. The number of unbranched alkanes of at least 4 members (excludes halogenated alkanes) is 30. The van der Waals surface area contributed by atoms with E-state index in [1.165, 1.54) is 257 Å². The van der Waals surface area contributed by atoms with Crippen LogP contribution >= 0.6 is 0 Å². The average molecular weight is 939 g/mol. The lowest BCUT2D eigenvalue weighted by molar-refractivity contribution is 0.140. The molecule has 1 aromatic carbocycles. The Morgan fingerprint density at radius 3 is 1.34 bits per heavy atom. The minimum absolute atomic E-state index is 0.212. The van der Waals surface area contributed by atoms with E-state index in [0.29, 0.717) is 11.8 Å². The number of rotatable bonds is 37. The standard InChI is InChI=1S/C65H115NSi/c1-9-11-13-15-17-19-21-23-25-27-29-31-33-35-37-44-50-65(51-45-38-36-34-32-30-28-26-24-22-20-18-16-14-12-10-2)61-49-43-42-48-57(61)59-53-60-58(54-62(59)65)55(3)52-63(60)67(7,8)66(64(4,5)6)56-46-40-39-41-47-56/h42-43,48-49,53-56,58,60,63H,9-41,44-47,50-52H2,1-8H3. The van der Waals surface area contributed by atoms with Crippen LogP contribution in [0.5, 0.6) is 0 Å². The zero-order valence-corrected chi connectivity index (χ0v) is 47.6. The maximum atomic E-state index is 3.19. The van der Waals surface area contributed by atoms with E-state index in [1.807, 2.05) is 0 Å². The second-order valence-electron chi connectivity index (χ2n) is 25.4. The molecule has 4 atom stereocenters. The van der Waals surface area contributed by atoms with Gasteiger partial charge in [0.15, 0.2) is 0 Å². The van der Waals surface area contributed by atoms with E-state index in [9.17, 15) is 0 Å². The van der Waals surface area contributed by atoms with Gasteiger partial charge in [-0.2, -0.15) is 0 Å². The first-order valence-electron chi connectivity index (χ1n) is 30.9. The van der Waals surface area contributed by atoms with Gasteiger partial charge in [-0.1, -0.05) is 295 Å². The molecule has 0 aromatic heterocycles. The Labute approximate surface area is 421 Å². The summed E-state index contributed by atoms with van der Waals surface area (Å²) in [7, 11) is -1.80. The van der Waals surface area contributed by atoms with Gasteiger partial charge in [0.05, 0.1) is 0 Å². The van der Waals surface area contributed by atoms with Crippen molar-refractivity contribution in [3.63, 3.8) is 0 Å². The Balaban J connectivity index is 1.19. The molecule has 4 aliphatic rings. The molecular formula is C65H115NSi. The van der Waals surface area contributed by atoms with Gasteiger partial charge in [0.2, 0.25) is 0 Å². The van der Waals surface area contributed by atoms with Crippen molar-refractivity contribution >= 4 is 13.8 Å². The molecule has 2 fully saturated rings. The minimum Gasteiger partial charge on any atom is -0.316 e. The molecule has 2 saturated carbocycles. The van der Waals surface area contributed by atoms with Crippen LogP contribution in [0.15, 0.2) is 42.0 Å². The highest BCUT2D eigenvalue weighted by atomic mass is 28.3. The van der Waals surface area contributed by atoms with Crippen molar-refractivity contribution < 1.29 is 0 Å². The summed E-state index contributed by atoms with van der Waals surface area (Å²) in [6.45, 7) is 20.6. The van der Waals surface area contributed by atoms with E-state index in [1.54, 1.807) is 22.3 Å². The number of nitrogens with zero attached hydrogens (tertiary/aromatic N) is 1. The van der Waals surface area contributed by atoms with Crippen LogP contribution in [0.2, 0.25) is 18.6 Å². The van der Waals surface area contributed by atoms with Crippen molar-refractivity contribution in [1.82, 2.24) is 4.57 Å². The van der Waals surface area contributed by atoms with Gasteiger partial charge < -0.3 is 4.57 Å². The third-order valence-corrected chi connectivity index (χ3v) is 23.3. The average Bonchev–Trinajstić information content (AvgIpc) is 3.79. The number of allylic oxidation sites excluding steroid dienone is 4. The van der Waals surface area contributed by atoms with Crippen LogP contribution in [0, 0.1) is 17.8 Å². The molecule has 0 heterocycles. The van der Waals surface area contributed by atoms with Crippen LogP contribution in [0.1, 0.15) is 310 Å². The summed E-state index contributed by atoms with van der Waals surface area (Å²) in [5.41, 5.74) is 8.09. The fourth-order valence-corrected chi connectivity index (χ4v) is 20.6. The van der Waals surface area contributed by atoms with Gasteiger partial charge in [0.1, 0.15) is 8.24 Å². The highest BCUT2D eigenvalue weighted by Crippen LogP contribution is 2.63. The quantitative estimate of drug-likeness (QED) is 0.0475. The molecule has 384 valence electrons. The van der Waals surface area contributed by atoms with Crippen LogP contribution in [0.25, 0.3) is 5.57 Å². The molecule has 0 aliphatic heterocycles. The fourth-order valence-electron chi connectivity index (χ4n) is 15.1. The van der Waals surface area contributed by atoms with Crippen molar-refractivity contribution in [2.45, 2.75) is 334 Å². The smallest absolute Gasteiger partial charge is 0.126 e. The zero-order valence-electron chi connectivity index (χ0n) is 46.6. The first kappa shape index (κ1) is 56.8. The number of fused-ring (bicyclic) bond motifs is 4. The van der Waals surface area contributed by atoms with Gasteiger partial charge in [-0.3, -0.25) is 0 Å². The molecule has 5 rings (SSSR count). The molecule has 0 bridgehead atoms. The Morgan fingerprint density at radius 2 is 0.925 bits per heavy atom. The number of hydrogen-bond acceptors (Lipinski definition) is 1. The Hall–Kier alpha value is -1.12. The summed E-state index contributed by atoms with van der Waals surface area (Å²) in [5, 5.41) is 0. The molecule has 0 spiro atoms. The molecule has 4 aliphatic carbocycles. The lowest BCUT2D eigenvalue weighted by Crippen LogP contribution is -2.64. The Morgan fingerprint density at radius 1 is 0.522 bits per heavy atom. The van der Waals surface area contributed by atoms with Crippen LogP contribution in [0.4, 0.5) is 0 Å². The topological polar surface area (TPSA) is 3.24 Å². The molecule has 1 aromatic rings. The highest BCUT2D eigenvalue weighted by molar-refractivity contribution is 6.76. The Kier molecular flexibility index (Phi) is 26.0. The molecule has 0 saturated heterocycles. The van der Waals surface area contributed by atoms with Gasteiger partial charge >= 0.3 is 0 Å². The summed E-state index contributed by atoms with van der Waals surface area (Å²) >= 11 is 0. The minimum atomic E-state index is -1.80. The van der Waals surface area contributed by atoms with E-state index in [2.05, 4.69) is 95.6 Å². The molecule has 1 nitrogen and oxygen atoms in total. The second-order valence-corrected chi connectivity index (χ2v) is 29.9. The van der Waals surface area contributed by atoms with Gasteiger partial charge in [-0.25, -0.2) is 0 Å². The lowest BCUT2D eigenvalue weighted by atomic mass is 9.67. The van der Waals surface area contributed by atoms with Crippen molar-refractivity contribution in [2.24, 2.45) is 17.8 Å². The summed E-state index contributed by atoms with van der Waals surface area (Å²) in [6, 6.07) is 10.7. The van der Waals surface area contributed by atoms with Crippen molar-refractivity contribution in [3.05, 3.63) is 53.1 Å². The second kappa shape index (κ2) is 30.7. The third kappa shape index (κ3) is 17.3. The molecule has 0 amide bonds.